The number of carbonyl (C=O) groups excluding carboxylic acids is 3. The Morgan fingerprint density at radius 1 is 1.11 bits per heavy atom. The van der Waals surface area contributed by atoms with E-state index < -0.39 is 23.6 Å². The van der Waals surface area contributed by atoms with Gasteiger partial charge >= 0.3 is 12.1 Å². The van der Waals surface area contributed by atoms with Crippen LogP contribution in [0, 0.1) is 0 Å². The van der Waals surface area contributed by atoms with Crippen molar-refractivity contribution in [2.24, 2.45) is 0 Å². The van der Waals surface area contributed by atoms with Crippen molar-refractivity contribution in [3.05, 3.63) is 36.8 Å². The highest BCUT2D eigenvalue weighted by molar-refractivity contribution is 5.94. The Morgan fingerprint density at radius 3 is 2.58 bits per heavy atom. The minimum absolute atomic E-state index is 0.0424. The summed E-state index contributed by atoms with van der Waals surface area (Å²) < 4.78 is 12.5. The molecule has 0 aliphatic carbocycles. The predicted octanol–water partition coefficient (Wildman–Crippen LogP) is 2.88. The van der Waals surface area contributed by atoms with Gasteiger partial charge in [-0.25, -0.2) is 19.7 Å². The number of esters is 1. The molecule has 2 aliphatic rings. The molecular formula is C26H31N7O5. The summed E-state index contributed by atoms with van der Waals surface area (Å²) in [5, 5.41) is 2.68. The van der Waals surface area contributed by atoms with E-state index in [2.05, 4.69) is 20.2 Å². The maximum Gasteiger partial charge on any atom is 0.410 e. The Balaban J connectivity index is 1.39. The number of pyridine rings is 1. The monoisotopic (exact) mass is 521 g/mol. The van der Waals surface area contributed by atoms with Crippen molar-refractivity contribution in [2.45, 2.75) is 64.8 Å². The van der Waals surface area contributed by atoms with Crippen molar-refractivity contribution in [3.8, 4) is 11.3 Å². The van der Waals surface area contributed by atoms with Gasteiger partial charge in [-0.15, -0.1) is 0 Å². The maximum atomic E-state index is 12.7. The smallest absolute Gasteiger partial charge is 0.410 e. The van der Waals surface area contributed by atoms with Crippen LogP contribution in [-0.4, -0.2) is 79.1 Å². The zero-order valence-corrected chi connectivity index (χ0v) is 22.0. The zero-order chi connectivity index (χ0) is 27.2. The molecule has 0 spiro atoms. The maximum absolute atomic E-state index is 12.7. The molecule has 200 valence electrons. The Morgan fingerprint density at radius 2 is 1.89 bits per heavy atom. The molecule has 2 saturated heterocycles. The van der Waals surface area contributed by atoms with Crippen molar-refractivity contribution in [1.29, 1.82) is 0 Å². The lowest BCUT2D eigenvalue weighted by molar-refractivity contribution is -0.150. The van der Waals surface area contributed by atoms with Crippen molar-refractivity contribution in [2.75, 3.05) is 23.3 Å². The third-order valence-corrected chi connectivity index (χ3v) is 6.52. The number of hydrogen-bond acceptors (Lipinski definition) is 9. The molecule has 12 heteroatoms. The molecule has 2 amide bonds. The van der Waals surface area contributed by atoms with Gasteiger partial charge in [0, 0.05) is 50.2 Å². The van der Waals surface area contributed by atoms with Gasteiger partial charge in [0.25, 0.3) is 5.91 Å². The minimum Gasteiger partial charge on any atom is -0.453 e. The lowest BCUT2D eigenvalue weighted by atomic mass is 10.2. The number of aromatic nitrogens is 4. The molecule has 3 aromatic rings. The highest BCUT2D eigenvalue weighted by atomic mass is 16.6. The van der Waals surface area contributed by atoms with Crippen molar-refractivity contribution in [3.63, 3.8) is 0 Å². The second-order valence-electron chi connectivity index (χ2n) is 10.6. The molecule has 5 heterocycles. The molecule has 0 aromatic carbocycles. The van der Waals surface area contributed by atoms with Gasteiger partial charge in [0.1, 0.15) is 17.1 Å². The average molecular weight is 522 g/mol. The van der Waals surface area contributed by atoms with Gasteiger partial charge in [0.2, 0.25) is 5.95 Å². The summed E-state index contributed by atoms with van der Waals surface area (Å²) in [4.78, 5) is 54.0. The number of fused-ring (bicyclic) bond motifs is 3. The van der Waals surface area contributed by atoms with Crippen LogP contribution in [0.25, 0.3) is 16.9 Å². The van der Waals surface area contributed by atoms with Gasteiger partial charge in [0.15, 0.2) is 6.10 Å². The van der Waals surface area contributed by atoms with E-state index in [9.17, 15) is 14.4 Å². The molecular weight excluding hydrogens is 490 g/mol. The van der Waals surface area contributed by atoms with Crippen LogP contribution in [0.2, 0.25) is 0 Å². The van der Waals surface area contributed by atoms with E-state index >= 15 is 0 Å². The Hall–Kier alpha value is -4.22. The molecule has 2 aliphatic heterocycles. The average Bonchev–Trinajstić information content (AvgIpc) is 3.58. The molecule has 0 radical (unpaired) electrons. The first-order valence-electron chi connectivity index (χ1n) is 12.5. The quantitative estimate of drug-likeness (QED) is 0.504. The number of nitrogens with zero attached hydrogens (tertiary/aromatic N) is 6. The first-order chi connectivity index (χ1) is 18.0. The lowest BCUT2D eigenvalue weighted by Crippen LogP contribution is -2.50. The van der Waals surface area contributed by atoms with Crippen LogP contribution in [0.4, 0.5) is 16.6 Å². The SMILES string of the molecule is CC(=O)O[C@@H](C)C(=O)Nc1cc(-c2cc3nccn3c(N3CC4CC3CN4C(=O)OC(C)(C)C)n2)ccn1. The first kappa shape index (κ1) is 25.4. The highest BCUT2D eigenvalue weighted by Gasteiger charge is 2.47. The number of nitrogens with one attached hydrogen (secondary N) is 1. The number of imidazole rings is 1. The summed E-state index contributed by atoms with van der Waals surface area (Å²) in [6.45, 7) is 9.55. The second kappa shape index (κ2) is 9.58. The molecule has 2 unspecified atom stereocenters. The Labute approximate surface area is 220 Å². The topological polar surface area (TPSA) is 131 Å². The van der Waals surface area contributed by atoms with Crippen LogP contribution in [-0.2, 0) is 19.1 Å². The summed E-state index contributed by atoms with van der Waals surface area (Å²) >= 11 is 0. The molecule has 2 fully saturated rings. The van der Waals surface area contributed by atoms with Gasteiger partial charge in [-0.1, -0.05) is 0 Å². The van der Waals surface area contributed by atoms with E-state index in [1.54, 1.807) is 24.5 Å². The van der Waals surface area contributed by atoms with Gasteiger partial charge in [-0.05, 0) is 46.2 Å². The lowest BCUT2D eigenvalue weighted by Gasteiger charge is -2.35. The molecule has 1 N–H and O–H groups in total. The van der Waals surface area contributed by atoms with Crippen LogP contribution in [0.5, 0.6) is 0 Å². The second-order valence-corrected chi connectivity index (χ2v) is 10.6. The summed E-state index contributed by atoms with van der Waals surface area (Å²) in [6, 6.07) is 5.53. The highest BCUT2D eigenvalue weighted by Crippen LogP contribution is 2.36. The number of anilines is 2. The first-order valence-corrected chi connectivity index (χ1v) is 12.5. The van der Waals surface area contributed by atoms with E-state index in [4.69, 9.17) is 14.5 Å². The zero-order valence-electron chi connectivity index (χ0n) is 22.0. The predicted molar refractivity (Wildman–Crippen MR) is 139 cm³/mol. The normalized spacial score (nSPS) is 19.5. The Kier molecular flexibility index (Phi) is 6.41. The van der Waals surface area contributed by atoms with Crippen molar-refractivity contribution in [1.82, 2.24) is 24.3 Å². The fourth-order valence-corrected chi connectivity index (χ4v) is 4.90. The number of carbonyl (C=O) groups is 3. The fraction of sp³-hybridized carbons (Fsp3) is 0.462. The largest absolute Gasteiger partial charge is 0.453 e. The van der Waals surface area contributed by atoms with E-state index in [1.165, 1.54) is 13.8 Å². The molecule has 38 heavy (non-hydrogen) atoms. The molecule has 3 aromatic heterocycles. The van der Waals surface area contributed by atoms with Gasteiger partial charge in [0.05, 0.1) is 17.8 Å². The van der Waals surface area contributed by atoms with E-state index in [0.717, 1.165) is 23.6 Å². The van der Waals surface area contributed by atoms with Crippen molar-refractivity contribution >= 4 is 35.4 Å². The van der Waals surface area contributed by atoms with Crippen LogP contribution in [0.3, 0.4) is 0 Å². The molecule has 0 saturated carbocycles. The van der Waals surface area contributed by atoms with E-state index in [-0.39, 0.29) is 18.2 Å². The number of likely N-dealkylation sites (tertiary alicyclic amines) is 1. The summed E-state index contributed by atoms with van der Waals surface area (Å²) in [5.74, 6) is 0.0253. The summed E-state index contributed by atoms with van der Waals surface area (Å²) in [6.07, 6.45) is 4.78. The Bertz CT molecular complexity index is 1400. The fourth-order valence-electron chi connectivity index (χ4n) is 4.90. The molecule has 5 rings (SSSR count). The molecule has 3 atom stereocenters. The minimum atomic E-state index is -0.949. The number of piperazine rings is 1. The van der Waals surface area contributed by atoms with Gasteiger partial charge in [-0.3, -0.25) is 14.0 Å². The van der Waals surface area contributed by atoms with Crippen LogP contribution in [0.1, 0.15) is 41.0 Å². The number of rotatable bonds is 5. The molecule has 12 nitrogen and oxygen atoms in total. The van der Waals surface area contributed by atoms with Gasteiger partial charge in [-0.2, -0.15) is 0 Å². The van der Waals surface area contributed by atoms with E-state index in [0.29, 0.717) is 24.6 Å². The number of ether oxygens (including phenoxy) is 2. The standard InChI is InChI=1S/C26H31N7O5/c1-15(37-16(2)34)23(35)30-21-10-17(6-7-27-21)20-12-22-28-8-9-31(22)24(29-20)32-13-19-11-18(32)14-33(19)25(36)38-26(3,4)5/h6-10,12,15,18-19H,11,13-14H2,1-5H3,(H,27,30,35)/t15-,18?,19?/m0/s1. The number of amides is 2. The molecule has 2 bridgehead atoms. The summed E-state index contributed by atoms with van der Waals surface area (Å²) in [5.41, 5.74) is 1.58. The van der Waals surface area contributed by atoms with Crippen LogP contribution < -0.4 is 10.2 Å². The summed E-state index contributed by atoms with van der Waals surface area (Å²) in [7, 11) is 0. The van der Waals surface area contributed by atoms with Gasteiger partial charge < -0.3 is 24.6 Å². The van der Waals surface area contributed by atoms with Crippen molar-refractivity contribution < 1.29 is 23.9 Å². The van der Waals surface area contributed by atoms with E-state index in [1.807, 2.05) is 42.3 Å². The van der Waals surface area contributed by atoms with Crippen LogP contribution in [0.15, 0.2) is 36.8 Å². The van der Waals surface area contributed by atoms with Crippen LogP contribution >= 0.6 is 0 Å². The third kappa shape index (κ3) is 5.11. The third-order valence-electron chi connectivity index (χ3n) is 6.52. The number of hydrogen-bond donors (Lipinski definition) is 1.